The summed E-state index contributed by atoms with van der Waals surface area (Å²) in [6.07, 6.45) is 8.82. The number of hydrogen-bond donors (Lipinski definition) is 0. The number of rotatable bonds is 6. The van der Waals surface area contributed by atoms with Crippen LogP contribution >= 0.6 is 0 Å². The maximum absolute atomic E-state index is 13.7. The van der Waals surface area contributed by atoms with E-state index in [9.17, 15) is 4.79 Å². The zero-order chi connectivity index (χ0) is 23.3. The van der Waals surface area contributed by atoms with Crippen LogP contribution in [0.5, 0.6) is 5.75 Å². The van der Waals surface area contributed by atoms with Gasteiger partial charge in [0.05, 0.1) is 61.9 Å². The minimum atomic E-state index is -0.122. The molecule has 9 heteroatoms. The standard InChI is InChI=1S/C25H24N6O3/c1-33-24-7-6-18(15-21(24)22-16-26-8-9-27-22)14-19-17-34-13-12-30(19)25(32)20-4-2-3-5-23(20)31-28-10-11-29-31/h2-11,15-16,19H,12-14,17H2,1H3. The van der Waals surface area contributed by atoms with Crippen LogP contribution in [0.3, 0.4) is 0 Å². The van der Waals surface area contributed by atoms with E-state index >= 15 is 0 Å². The Bertz CT molecular complexity index is 1260. The minimum absolute atomic E-state index is 0.0659. The fraction of sp³-hybridized carbons (Fsp3) is 0.240. The molecule has 0 aliphatic carbocycles. The van der Waals surface area contributed by atoms with E-state index in [2.05, 4.69) is 20.2 Å². The normalized spacial score (nSPS) is 15.8. The molecule has 2 aromatic carbocycles. The molecule has 34 heavy (non-hydrogen) atoms. The molecule has 172 valence electrons. The van der Waals surface area contributed by atoms with Crippen LogP contribution in [0.25, 0.3) is 16.9 Å². The second kappa shape index (κ2) is 9.80. The van der Waals surface area contributed by atoms with Gasteiger partial charge in [0.2, 0.25) is 0 Å². The van der Waals surface area contributed by atoms with Gasteiger partial charge in [-0.05, 0) is 36.2 Å². The summed E-state index contributed by atoms with van der Waals surface area (Å²) >= 11 is 0. The van der Waals surface area contributed by atoms with Gasteiger partial charge in [0.15, 0.2) is 0 Å². The smallest absolute Gasteiger partial charge is 0.256 e. The van der Waals surface area contributed by atoms with Gasteiger partial charge in [0.1, 0.15) is 5.75 Å². The first-order valence-corrected chi connectivity index (χ1v) is 11.0. The number of methoxy groups -OCH3 is 1. The first-order chi connectivity index (χ1) is 16.7. The van der Waals surface area contributed by atoms with Crippen molar-refractivity contribution < 1.29 is 14.3 Å². The monoisotopic (exact) mass is 456 g/mol. The van der Waals surface area contributed by atoms with Crippen molar-refractivity contribution in [2.75, 3.05) is 26.9 Å². The summed E-state index contributed by atoms with van der Waals surface area (Å²) in [4.78, 5) is 25.6. The third kappa shape index (κ3) is 4.38. The summed E-state index contributed by atoms with van der Waals surface area (Å²) < 4.78 is 11.3. The highest BCUT2D eigenvalue weighted by atomic mass is 16.5. The van der Waals surface area contributed by atoms with Crippen LogP contribution in [0.2, 0.25) is 0 Å². The largest absolute Gasteiger partial charge is 0.496 e. The van der Waals surface area contributed by atoms with Crippen LogP contribution in [0, 0.1) is 0 Å². The van der Waals surface area contributed by atoms with E-state index in [0.717, 1.165) is 22.6 Å². The van der Waals surface area contributed by atoms with Gasteiger partial charge in [-0.25, -0.2) is 0 Å². The molecule has 1 aliphatic rings. The molecular weight excluding hydrogens is 432 g/mol. The zero-order valence-electron chi connectivity index (χ0n) is 18.7. The van der Waals surface area contributed by atoms with Crippen LogP contribution in [-0.2, 0) is 11.2 Å². The lowest BCUT2D eigenvalue weighted by atomic mass is 9.99. The van der Waals surface area contributed by atoms with Gasteiger partial charge in [-0.2, -0.15) is 15.0 Å². The molecule has 2 aromatic heterocycles. The molecule has 9 nitrogen and oxygen atoms in total. The molecule has 1 saturated heterocycles. The molecular formula is C25H24N6O3. The predicted octanol–water partition coefficient (Wildman–Crippen LogP) is 2.82. The maximum Gasteiger partial charge on any atom is 0.256 e. The molecule has 1 amide bonds. The third-order valence-electron chi connectivity index (χ3n) is 5.83. The number of hydrogen-bond acceptors (Lipinski definition) is 7. The van der Waals surface area contributed by atoms with Crippen molar-refractivity contribution in [3.63, 3.8) is 0 Å². The summed E-state index contributed by atoms with van der Waals surface area (Å²) in [7, 11) is 1.64. The molecule has 0 N–H and O–H groups in total. The molecule has 0 radical (unpaired) electrons. The fourth-order valence-electron chi connectivity index (χ4n) is 4.21. The van der Waals surface area contributed by atoms with E-state index in [0.29, 0.717) is 37.4 Å². The Balaban J connectivity index is 1.43. The van der Waals surface area contributed by atoms with Crippen LogP contribution in [0.15, 0.2) is 73.4 Å². The van der Waals surface area contributed by atoms with E-state index in [4.69, 9.17) is 9.47 Å². The van der Waals surface area contributed by atoms with E-state index < -0.39 is 0 Å². The van der Waals surface area contributed by atoms with Crippen molar-refractivity contribution in [3.05, 3.63) is 84.6 Å². The SMILES string of the molecule is COc1ccc(CC2COCCN2C(=O)c2ccccc2-n2nccn2)cc1-c1cnccn1. The number of morpholine rings is 1. The summed E-state index contributed by atoms with van der Waals surface area (Å²) in [5.41, 5.74) is 3.85. The second-order valence-electron chi connectivity index (χ2n) is 7.89. The number of amides is 1. The quantitative estimate of drug-likeness (QED) is 0.440. The molecule has 1 unspecified atom stereocenters. The van der Waals surface area contributed by atoms with Crippen molar-refractivity contribution in [3.8, 4) is 22.7 Å². The highest BCUT2D eigenvalue weighted by Crippen LogP contribution is 2.30. The zero-order valence-corrected chi connectivity index (χ0v) is 18.7. The molecule has 0 saturated carbocycles. The highest BCUT2D eigenvalue weighted by Gasteiger charge is 2.30. The Morgan fingerprint density at radius 2 is 1.97 bits per heavy atom. The number of benzene rings is 2. The van der Waals surface area contributed by atoms with E-state index in [-0.39, 0.29) is 11.9 Å². The van der Waals surface area contributed by atoms with Crippen LogP contribution in [0.1, 0.15) is 15.9 Å². The van der Waals surface area contributed by atoms with Gasteiger partial charge in [0, 0.05) is 24.5 Å². The van der Waals surface area contributed by atoms with Gasteiger partial charge in [0.25, 0.3) is 5.91 Å². The van der Waals surface area contributed by atoms with Gasteiger partial charge >= 0.3 is 0 Å². The third-order valence-corrected chi connectivity index (χ3v) is 5.83. The first kappa shape index (κ1) is 21.7. The van der Waals surface area contributed by atoms with Crippen LogP contribution in [-0.4, -0.2) is 68.7 Å². The summed E-state index contributed by atoms with van der Waals surface area (Å²) in [5, 5.41) is 8.41. The number of carbonyl (C=O) groups is 1. The molecule has 3 heterocycles. The molecule has 4 aromatic rings. The number of ether oxygens (including phenoxy) is 2. The van der Waals surface area contributed by atoms with Crippen LogP contribution < -0.4 is 4.74 Å². The van der Waals surface area contributed by atoms with Crippen molar-refractivity contribution in [1.29, 1.82) is 0 Å². The minimum Gasteiger partial charge on any atom is -0.496 e. The van der Waals surface area contributed by atoms with E-state index in [1.807, 2.05) is 47.4 Å². The number of para-hydroxylation sites is 1. The average Bonchev–Trinajstić information content (AvgIpc) is 3.44. The highest BCUT2D eigenvalue weighted by molar-refractivity contribution is 5.98. The fourth-order valence-corrected chi connectivity index (χ4v) is 4.21. The number of aromatic nitrogens is 5. The Morgan fingerprint density at radius 3 is 2.76 bits per heavy atom. The summed E-state index contributed by atoms with van der Waals surface area (Å²) in [6, 6.07) is 13.2. The second-order valence-corrected chi connectivity index (χ2v) is 7.89. The van der Waals surface area contributed by atoms with Gasteiger partial charge in [-0.1, -0.05) is 18.2 Å². The molecule has 0 bridgehead atoms. The van der Waals surface area contributed by atoms with E-state index in [1.165, 1.54) is 4.80 Å². The molecule has 5 rings (SSSR count). The van der Waals surface area contributed by atoms with Crippen molar-refractivity contribution >= 4 is 5.91 Å². The Kier molecular flexibility index (Phi) is 6.26. The predicted molar refractivity (Wildman–Crippen MR) is 125 cm³/mol. The lowest BCUT2D eigenvalue weighted by Gasteiger charge is -2.36. The molecule has 1 fully saturated rings. The van der Waals surface area contributed by atoms with Crippen molar-refractivity contribution in [2.45, 2.75) is 12.5 Å². The van der Waals surface area contributed by atoms with Crippen LogP contribution in [0.4, 0.5) is 0 Å². The van der Waals surface area contributed by atoms with Gasteiger partial charge in [-0.3, -0.25) is 14.8 Å². The molecule has 1 atom stereocenters. The van der Waals surface area contributed by atoms with Crippen molar-refractivity contribution in [2.24, 2.45) is 0 Å². The van der Waals surface area contributed by atoms with E-state index in [1.54, 1.807) is 38.1 Å². The Labute approximate surface area is 197 Å². The summed E-state index contributed by atoms with van der Waals surface area (Å²) in [5.74, 6) is 0.654. The Morgan fingerprint density at radius 1 is 1.12 bits per heavy atom. The summed E-state index contributed by atoms with van der Waals surface area (Å²) in [6.45, 7) is 1.47. The lowest BCUT2D eigenvalue weighted by molar-refractivity contribution is -0.00165. The van der Waals surface area contributed by atoms with Gasteiger partial charge < -0.3 is 14.4 Å². The van der Waals surface area contributed by atoms with Gasteiger partial charge in [-0.15, -0.1) is 0 Å². The topological polar surface area (TPSA) is 95.3 Å². The molecule has 1 aliphatic heterocycles. The molecule has 0 spiro atoms. The first-order valence-electron chi connectivity index (χ1n) is 11.0. The van der Waals surface area contributed by atoms with Crippen molar-refractivity contribution in [1.82, 2.24) is 29.9 Å². The lowest BCUT2D eigenvalue weighted by Crippen LogP contribution is -2.50. The maximum atomic E-state index is 13.7. The Hall–Kier alpha value is -4.11. The number of nitrogens with zero attached hydrogens (tertiary/aromatic N) is 6. The average molecular weight is 457 g/mol. The number of carbonyl (C=O) groups excluding carboxylic acids is 1.